The van der Waals surface area contributed by atoms with Crippen molar-refractivity contribution in [3.63, 3.8) is 0 Å². The number of amides is 1. The van der Waals surface area contributed by atoms with E-state index in [9.17, 15) is 13.2 Å². The lowest BCUT2D eigenvalue weighted by atomic mass is 10.0. The summed E-state index contributed by atoms with van der Waals surface area (Å²) in [6.07, 6.45) is 3.35. The quantitative estimate of drug-likeness (QED) is 0.892. The molecule has 1 aromatic rings. The van der Waals surface area contributed by atoms with Crippen molar-refractivity contribution in [3.8, 4) is 0 Å². The number of halogens is 1. The van der Waals surface area contributed by atoms with Crippen LogP contribution in [0.4, 0.5) is 0 Å². The molecule has 0 aromatic heterocycles. The number of likely N-dealkylation sites (tertiary alicyclic amines) is 1. The van der Waals surface area contributed by atoms with Crippen molar-refractivity contribution in [2.24, 2.45) is 0 Å². The highest BCUT2D eigenvalue weighted by molar-refractivity contribution is 7.89. The van der Waals surface area contributed by atoms with Crippen molar-refractivity contribution in [1.29, 1.82) is 0 Å². The SMILES string of the molecule is CC1CCCCN1C(=O)CCNS(=O)(=O)c1cccc(Cl)c1. The fraction of sp³-hybridized carbons (Fsp3) is 0.533. The van der Waals surface area contributed by atoms with Crippen LogP contribution < -0.4 is 4.72 Å². The molecule has 1 amide bonds. The second-order valence-electron chi connectivity index (χ2n) is 5.54. The zero-order valence-corrected chi connectivity index (χ0v) is 14.2. The molecule has 0 aliphatic carbocycles. The van der Waals surface area contributed by atoms with Crippen LogP contribution in [0.15, 0.2) is 29.2 Å². The van der Waals surface area contributed by atoms with Gasteiger partial charge >= 0.3 is 0 Å². The second-order valence-corrected chi connectivity index (χ2v) is 7.74. The number of nitrogens with one attached hydrogen (secondary N) is 1. The largest absolute Gasteiger partial charge is 0.340 e. The summed E-state index contributed by atoms with van der Waals surface area (Å²) in [7, 11) is -3.63. The highest BCUT2D eigenvalue weighted by Gasteiger charge is 2.23. The van der Waals surface area contributed by atoms with Crippen LogP contribution in [0.25, 0.3) is 0 Å². The molecule has 0 radical (unpaired) electrons. The summed E-state index contributed by atoms with van der Waals surface area (Å²) in [6, 6.07) is 6.30. The van der Waals surface area contributed by atoms with Crippen molar-refractivity contribution in [2.75, 3.05) is 13.1 Å². The molecule has 22 heavy (non-hydrogen) atoms. The first-order valence-corrected chi connectivity index (χ1v) is 9.31. The van der Waals surface area contributed by atoms with Gasteiger partial charge in [-0.05, 0) is 44.4 Å². The van der Waals surface area contributed by atoms with Gasteiger partial charge in [-0.1, -0.05) is 17.7 Å². The zero-order valence-electron chi connectivity index (χ0n) is 12.6. The maximum Gasteiger partial charge on any atom is 0.240 e. The maximum atomic E-state index is 12.2. The maximum absolute atomic E-state index is 12.2. The van der Waals surface area contributed by atoms with Gasteiger partial charge in [0.25, 0.3) is 0 Å². The molecular formula is C15H21ClN2O3S. The molecule has 1 fully saturated rings. The molecule has 0 bridgehead atoms. The first-order chi connectivity index (χ1) is 10.4. The first kappa shape index (κ1) is 17.2. The topological polar surface area (TPSA) is 66.5 Å². The average molecular weight is 345 g/mol. The normalized spacial score (nSPS) is 19.2. The average Bonchev–Trinajstić information content (AvgIpc) is 2.47. The molecule has 0 saturated carbocycles. The molecule has 122 valence electrons. The third kappa shape index (κ3) is 4.44. The number of rotatable bonds is 5. The Kier molecular flexibility index (Phi) is 5.83. The van der Waals surface area contributed by atoms with E-state index in [0.717, 1.165) is 25.8 Å². The van der Waals surface area contributed by atoms with Gasteiger partial charge in [-0.15, -0.1) is 0 Å². The van der Waals surface area contributed by atoms with Gasteiger partial charge in [0.2, 0.25) is 15.9 Å². The van der Waals surface area contributed by atoms with Gasteiger partial charge in [0, 0.05) is 30.6 Å². The Hall–Kier alpha value is -1.11. The summed E-state index contributed by atoms with van der Waals surface area (Å²) in [5.74, 6) is 0.000920. The van der Waals surface area contributed by atoms with Gasteiger partial charge in [0.05, 0.1) is 4.90 Å². The summed E-state index contributed by atoms with van der Waals surface area (Å²) >= 11 is 5.80. The molecule has 5 nitrogen and oxygen atoms in total. The third-order valence-electron chi connectivity index (χ3n) is 3.86. The van der Waals surface area contributed by atoms with Crippen LogP contribution >= 0.6 is 11.6 Å². The number of piperidine rings is 1. The molecule has 1 atom stereocenters. The fourth-order valence-electron chi connectivity index (χ4n) is 2.62. The summed E-state index contributed by atoms with van der Waals surface area (Å²) in [5.41, 5.74) is 0. The monoisotopic (exact) mass is 344 g/mol. The van der Waals surface area contributed by atoms with E-state index in [-0.39, 0.29) is 29.8 Å². The van der Waals surface area contributed by atoms with Gasteiger partial charge < -0.3 is 4.90 Å². The van der Waals surface area contributed by atoms with Crippen molar-refractivity contribution in [3.05, 3.63) is 29.3 Å². The molecule has 1 aliphatic rings. The van der Waals surface area contributed by atoms with E-state index in [4.69, 9.17) is 11.6 Å². The van der Waals surface area contributed by atoms with Crippen molar-refractivity contribution in [1.82, 2.24) is 9.62 Å². The number of hydrogen-bond donors (Lipinski definition) is 1. The van der Waals surface area contributed by atoms with Gasteiger partial charge in [-0.2, -0.15) is 0 Å². The van der Waals surface area contributed by atoms with Crippen LogP contribution in [0.5, 0.6) is 0 Å². The number of carbonyl (C=O) groups is 1. The van der Waals surface area contributed by atoms with Crippen LogP contribution in [0.2, 0.25) is 5.02 Å². The Morgan fingerprint density at radius 2 is 2.18 bits per heavy atom. The van der Waals surface area contributed by atoms with Crippen LogP contribution in [0.3, 0.4) is 0 Å². The molecule has 0 spiro atoms. The third-order valence-corrected chi connectivity index (χ3v) is 5.55. The molecule has 1 N–H and O–H groups in total. The van der Waals surface area contributed by atoms with Crippen molar-refractivity contribution >= 4 is 27.5 Å². The van der Waals surface area contributed by atoms with Crippen molar-refractivity contribution in [2.45, 2.75) is 43.5 Å². The Balaban J connectivity index is 1.88. The predicted octanol–water partition coefficient (Wildman–Crippen LogP) is 2.41. The van der Waals surface area contributed by atoms with E-state index < -0.39 is 10.0 Å². The first-order valence-electron chi connectivity index (χ1n) is 7.45. The molecule has 7 heteroatoms. The lowest BCUT2D eigenvalue weighted by Crippen LogP contribution is -2.43. The molecule has 1 saturated heterocycles. The van der Waals surface area contributed by atoms with Gasteiger partial charge in [0.15, 0.2) is 0 Å². The van der Waals surface area contributed by atoms with E-state index in [1.54, 1.807) is 12.1 Å². The molecule has 2 rings (SSSR count). The predicted molar refractivity (Wildman–Crippen MR) is 86.3 cm³/mol. The lowest BCUT2D eigenvalue weighted by Gasteiger charge is -2.33. The van der Waals surface area contributed by atoms with E-state index in [0.29, 0.717) is 5.02 Å². The van der Waals surface area contributed by atoms with E-state index in [1.165, 1.54) is 12.1 Å². The number of hydrogen-bond acceptors (Lipinski definition) is 3. The second kappa shape index (κ2) is 7.44. The van der Waals surface area contributed by atoms with Gasteiger partial charge in [0.1, 0.15) is 0 Å². The van der Waals surface area contributed by atoms with Gasteiger partial charge in [-0.3, -0.25) is 4.79 Å². The number of sulfonamides is 1. The Morgan fingerprint density at radius 3 is 2.86 bits per heavy atom. The van der Waals surface area contributed by atoms with Crippen LogP contribution in [0.1, 0.15) is 32.6 Å². The van der Waals surface area contributed by atoms with Crippen LogP contribution in [0, 0.1) is 0 Å². The minimum atomic E-state index is -3.63. The molecule has 1 unspecified atom stereocenters. The Bertz CT molecular complexity index is 633. The highest BCUT2D eigenvalue weighted by Crippen LogP contribution is 2.18. The smallest absolute Gasteiger partial charge is 0.240 e. The standard InChI is InChI=1S/C15H21ClN2O3S/c1-12-5-2-3-10-18(12)15(19)8-9-17-22(20,21)14-7-4-6-13(16)11-14/h4,6-7,11-12,17H,2-3,5,8-10H2,1H3. The number of benzene rings is 1. The van der Waals surface area contributed by atoms with Crippen molar-refractivity contribution < 1.29 is 13.2 Å². The van der Waals surface area contributed by atoms with E-state index in [1.807, 2.05) is 11.8 Å². The zero-order chi connectivity index (χ0) is 16.2. The summed E-state index contributed by atoms with van der Waals surface area (Å²) < 4.78 is 26.7. The van der Waals surface area contributed by atoms with Crippen LogP contribution in [-0.2, 0) is 14.8 Å². The highest BCUT2D eigenvalue weighted by atomic mass is 35.5. The summed E-state index contributed by atoms with van der Waals surface area (Å²) in [4.78, 5) is 14.1. The minimum absolute atomic E-state index is 0.000920. The minimum Gasteiger partial charge on any atom is -0.340 e. The Morgan fingerprint density at radius 1 is 1.41 bits per heavy atom. The summed E-state index contributed by atoms with van der Waals surface area (Å²) in [6.45, 7) is 2.89. The summed E-state index contributed by atoms with van der Waals surface area (Å²) in [5, 5.41) is 0.362. The van der Waals surface area contributed by atoms with Crippen LogP contribution in [-0.4, -0.2) is 38.4 Å². The van der Waals surface area contributed by atoms with E-state index in [2.05, 4.69) is 4.72 Å². The van der Waals surface area contributed by atoms with Gasteiger partial charge in [-0.25, -0.2) is 13.1 Å². The lowest BCUT2D eigenvalue weighted by molar-refractivity contribution is -0.134. The molecular weight excluding hydrogens is 324 g/mol. The Labute approximate surface area is 136 Å². The fourth-order valence-corrected chi connectivity index (χ4v) is 3.95. The molecule has 1 heterocycles. The number of nitrogens with zero attached hydrogens (tertiary/aromatic N) is 1. The molecule has 1 aromatic carbocycles. The molecule has 1 aliphatic heterocycles. The number of carbonyl (C=O) groups excluding carboxylic acids is 1. The van der Waals surface area contributed by atoms with E-state index >= 15 is 0 Å².